The Bertz CT molecular complexity index is 790. The Morgan fingerprint density at radius 2 is 1.46 bits per heavy atom. The number of hydrogen-bond acceptors (Lipinski definition) is 1. The lowest BCUT2D eigenvalue weighted by atomic mass is 9.89. The Hall–Kier alpha value is -2.38. The largest absolute Gasteiger partial charge is 0.369 e. The van der Waals surface area contributed by atoms with Gasteiger partial charge in [-0.15, -0.1) is 0 Å². The molecule has 0 heterocycles. The second-order valence-corrected chi connectivity index (χ2v) is 6.45. The first-order chi connectivity index (χ1) is 11.9. The normalized spacial score (nSPS) is 16.6. The Balaban J connectivity index is 1.44. The summed E-state index contributed by atoms with van der Waals surface area (Å²) < 4.78 is 6.24. The first-order valence-electron chi connectivity index (χ1n) is 8.74. The summed E-state index contributed by atoms with van der Waals surface area (Å²) in [4.78, 5) is 0. The predicted octanol–water partition coefficient (Wildman–Crippen LogP) is 5.95. The molecule has 0 aliphatic heterocycles. The summed E-state index contributed by atoms with van der Waals surface area (Å²) in [5, 5.41) is 0. The number of hydrogen-bond donors (Lipinski definition) is 0. The van der Waals surface area contributed by atoms with E-state index >= 15 is 0 Å². The lowest BCUT2D eigenvalue weighted by Crippen LogP contribution is -2.12. The third-order valence-electron chi connectivity index (χ3n) is 4.83. The van der Waals surface area contributed by atoms with Crippen molar-refractivity contribution in [3.63, 3.8) is 0 Å². The van der Waals surface area contributed by atoms with Gasteiger partial charge < -0.3 is 4.74 Å². The van der Waals surface area contributed by atoms with Crippen LogP contribution in [0.25, 0.3) is 11.1 Å². The van der Waals surface area contributed by atoms with Gasteiger partial charge in [-0.3, -0.25) is 0 Å². The molecule has 1 heteroatoms. The van der Waals surface area contributed by atoms with Crippen molar-refractivity contribution in [1.82, 2.24) is 0 Å². The quantitative estimate of drug-likeness (QED) is 0.578. The summed E-state index contributed by atoms with van der Waals surface area (Å²) in [7, 11) is 0. The van der Waals surface area contributed by atoms with Gasteiger partial charge in [0.25, 0.3) is 0 Å². The fourth-order valence-corrected chi connectivity index (χ4v) is 3.50. The molecule has 1 aliphatic carbocycles. The second kappa shape index (κ2) is 7.02. The first kappa shape index (κ1) is 15.2. The van der Waals surface area contributed by atoms with E-state index in [1.165, 1.54) is 40.7 Å². The average molecular weight is 314 g/mol. The maximum absolute atomic E-state index is 6.24. The van der Waals surface area contributed by atoms with Crippen LogP contribution in [-0.2, 0) is 17.8 Å². The van der Waals surface area contributed by atoms with Crippen LogP contribution >= 0.6 is 0 Å². The molecule has 3 aromatic carbocycles. The minimum atomic E-state index is 0.240. The molecule has 0 bridgehead atoms. The molecule has 4 rings (SSSR count). The van der Waals surface area contributed by atoms with Crippen LogP contribution in [0.4, 0.5) is 0 Å². The Morgan fingerprint density at radius 1 is 0.750 bits per heavy atom. The smallest absolute Gasteiger partial charge is 0.0832 e. The molecule has 0 saturated carbocycles. The van der Waals surface area contributed by atoms with Crippen molar-refractivity contribution in [3.8, 4) is 11.1 Å². The van der Waals surface area contributed by atoms with Gasteiger partial charge in [0.1, 0.15) is 0 Å². The third-order valence-corrected chi connectivity index (χ3v) is 4.83. The van der Waals surface area contributed by atoms with Gasteiger partial charge in [-0.1, -0.05) is 78.9 Å². The monoisotopic (exact) mass is 314 g/mol. The highest BCUT2D eigenvalue weighted by molar-refractivity contribution is 5.63. The molecule has 1 atom stereocenters. The van der Waals surface area contributed by atoms with Gasteiger partial charge in [-0.2, -0.15) is 0 Å². The third kappa shape index (κ3) is 3.27. The van der Waals surface area contributed by atoms with E-state index in [0.29, 0.717) is 6.61 Å². The van der Waals surface area contributed by atoms with Crippen molar-refractivity contribution in [2.24, 2.45) is 0 Å². The topological polar surface area (TPSA) is 9.23 Å². The van der Waals surface area contributed by atoms with Crippen LogP contribution < -0.4 is 0 Å². The molecule has 0 fully saturated rings. The van der Waals surface area contributed by atoms with Crippen LogP contribution in [0, 0.1) is 0 Å². The lowest BCUT2D eigenvalue weighted by Gasteiger charge is -2.25. The summed E-state index contributed by atoms with van der Waals surface area (Å²) in [6.45, 7) is 0.675. The number of ether oxygens (including phenoxy) is 1. The minimum Gasteiger partial charge on any atom is -0.369 e. The van der Waals surface area contributed by atoms with Crippen LogP contribution in [0.2, 0.25) is 0 Å². The zero-order chi connectivity index (χ0) is 16.2. The van der Waals surface area contributed by atoms with Gasteiger partial charge >= 0.3 is 0 Å². The number of fused-ring (bicyclic) bond motifs is 1. The van der Waals surface area contributed by atoms with E-state index < -0.39 is 0 Å². The highest BCUT2D eigenvalue weighted by Crippen LogP contribution is 2.33. The minimum absolute atomic E-state index is 0.240. The lowest BCUT2D eigenvalue weighted by molar-refractivity contribution is 0.0283. The van der Waals surface area contributed by atoms with E-state index in [2.05, 4.69) is 72.8 Å². The van der Waals surface area contributed by atoms with Crippen LogP contribution in [0.3, 0.4) is 0 Å². The summed E-state index contributed by atoms with van der Waals surface area (Å²) in [5.41, 5.74) is 6.57. The molecule has 0 radical (unpaired) electrons. The number of benzene rings is 3. The molecule has 0 unspecified atom stereocenters. The van der Waals surface area contributed by atoms with Crippen molar-refractivity contribution in [3.05, 3.63) is 95.6 Å². The van der Waals surface area contributed by atoms with E-state index in [4.69, 9.17) is 4.74 Å². The van der Waals surface area contributed by atoms with Crippen molar-refractivity contribution in [2.45, 2.75) is 32.0 Å². The highest BCUT2D eigenvalue weighted by atomic mass is 16.5. The molecule has 1 aliphatic rings. The van der Waals surface area contributed by atoms with E-state index in [0.717, 1.165) is 6.42 Å². The highest BCUT2D eigenvalue weighted by Gasteiger charge is 2.20. The Labute approximate surface area is 143 Å². The molecule has 0 amide bonds. The molecule has 1 nitrogen and oxygen atoms in total. The number of rotatable bonds is 4. The van der Waals surface area contributed by atoms with Crippen LogP contribution in [0.5, 0.6) is 0 Å². The molecule has 0 saturated heterocycles. The average Bonchev–Trinajstić information content (AvgIpc) is 2.67. The fraction of sp³-hybridized carbons (Fsp3) is 0.217. The Morgan fingerprint density at radius 3 is 2.29 bits per heavy atom. The Kier molecular flexibility index (Phi) is 4.44. The van der Waals surface area contributed by atoms with Crippen molar-refractivity contribution in [2.75, 3.05) is 0 Å². The van der Waals surface area contributed by atoms with Crippen LogP contribution in [0.1, 0.15) is 35.6 Å². The van der Waals surface area contributed by atoms with E-state index in [-0.39, 0.29) is 6.10 Å². The molecular weight excluding hydrogens is 292 g/mol. The van der Waals surface area contributed by atoms with Gasteiger partial charge in [-0.25, -0.2) is 0 Å². The zero-order valence-corrected chi connectivity index (χ0v) is 13.8. The van der Waals surface area contributed by atoms with Crippen LogP contribution in [0.15, 0.2) is 78.9 Å². The van der Waals surface area contributed by atoms with Gasteiger partial charge in [-0.05, 0) is 47.1 Å². The second-order valence-electron chi connectivity index (χ2n) is 6.45. The van der Waals surface area contributed by atoms with Gasteiger partial charge in [0.2, 0.25) is 0 Å². The molecule has 0 spiro atoms. The van der Waals surface area contributed by atoms with Gasteiger partial charge in [0, 0.05) is 0 Å². The SMILES string of the molecule is c1ccc(-c2ccc(CO[C@@H]3CCCc4ccccc43)cc2)cc1. The summed E-state index contributed by atoms with van der Waals surface area (Å²) in [6, 6.07) is 27.9. The summed E-state index contributed by atoms with van der Waals surface area (Å²) >= 11 is 0. The van der Waals surface area contributed by atoms with Gasteiger partial charge in [0.05, 0.1) is 12.7 Å². The predicted molar refractivity (Wildman–Crippen MR) is 98.8 cm³/mol. The van der Waals surface area contributed by atoms with E-state index in [1.54, 1.807) is 0 Å². The zero-order valence-electron chi connectivity index (χ0n) is 13.8. The summed E-state index contributed by atoms with van der Waals surface area (Å²) in [6.07, 6.45) is 3.76. The van der Waals surface area contributed by atoms with Crippen molar-refractivity contribution >= 4 is 0 Å². The standard InChI is InChI=1S/C23H22O/c1-2-7-19(8-3-1)20-15-13-18(14-16-20)17-24-23-12-6-10-21-9-4-5-11-22(21)23/h1-5,7-9,11,13-16,23H,6,10,12,17H2/t23-/m1/s1. The number of aryl methyl sites for hydroxylation is 1. The van der Waals surface area contributed by atoms with Crippen molar-refractivity contribution < 1.29 is 4.74 Å². The van der Waals surface area contributed by atoms with E-state index in [9.17, 15) is 0 Å². The molecular formula is C23H22O. The maximum atomic E-state index is 6.24. The van der Waals surface area contributed by atoms with Crippen LogP contribution in [-0.4, -0.2) is 0 Å². The van der Waals surface area contributed by atoms with Crippen molar-refractivity contribution in [1.29, 1.82) is 0 Å². The molecule has 120 valence electrons. The molecule has 3 aromatic rings. The van der Waals surface area contributed by atoms with Gasteiger partial charge in [0.15, 0.2) is 0 Å². The first-order valence-corrected chi connectivity index (χ1v) is 8.74. The fourth-order valence-electron chi connectivity index (χ4n) is 3.50. The maximum Gasteiger partial charge on any atom is 0.0832 e. The molecule has 0 aromatic heterocycles. The molecule has 24 heavy (non-hydrogen) atoms. The summed E-state index contributed by atoms with van der Waals surface area (Å²) in [5.74, 6) is 0. The molecule has 0 N–H and O–H groups in total. The van der Waals surface area contributed by atoms with E-state index in [1.807, 2.05) is 6.07 Å².